The van der Waals surface area contributed by atoms with Gasteiger partial charge in [-0.15, -0.1) is 11.3 Å². The van der Waals surface area contributed by atoms with Crippen molar-refractivity contribution in [1.29, 1.82) is 0 Å². The first-order valence-electron chi connectivity index (χ1n) is 11.0. The van der Waals surface area contributed by atoms with Crippen LogP contribution in [0.5, 0.6) is 11.8 Å². The van der Waals surface area contributed by atoms with Gasteiger partial charge in [-0.3, -0.25) is 9.56 Å². The van der Waals surface area contributed by atoms with Gasteiger partial charge in [0.1, 0.15) is 11.9 Å². The van der Waals surface area contributed by atoms with E-state index in [2.05, 4.69) is 26.2 Å². The molecule has 0 spiro atoms. The minimum atomic E-state index is -0.872. The van der Waals surface area contributed by atoms with E-state index in [0.29, 0.717) is 37.3 Å². The molecule has 2 aromatic carbocycles. The quantitative estimate of drug-likeness (QED) is 0.281. The molecule has 4 aromatic rings. The molecule has 0 radical (unpaired) electrons. The summed E-state index contributed by atoms with van der Waals surface area (Å²) < 4.78 is 21.0. The van der Waals surface area contributed by atoms with E-state index in [9.17, 15) is 19.4 Å². The van der Waals surface area contributed by atoms with Gasteiger partial charge in [-0.2, -0.15) is 0 Å². The van der Waals surface area contributed by atoms with Crippen LogP contribution in [-0.2, 0) is 16.1 Å². The van der Waals surface area contributed by atoms with Gasteiger partial charge in [-0.25, -0.2) is 14.2 Å². The molecule has 0 amide bonds. The number of halogens is 2. The van der Waals surface area contributed by atoms with Gasteiger partial charge in [0.05, 0.1) is 18.7 Å². The van der Waals surface area contributed by atoms with E-state index in [1.165, 1.54) is 28.0 Å². The number of allylic oxidation sites excluding steroid dienone is 1. The molecule has 3 N–H and O–H groups in total. The van der Waals surface area contributed by atoms with Crippen molar-refractivity contribution in [2.75, 3.05) is 6.61 Å². The van der Waals surface area contributed by atoms with Crippen LogP contribution >= 0.6 is 27.3 Å². The lowest BCUT2D eigenvalue weighted by atomic mass is 9.95. The summed E-state index contributed by atoms with van der Waals surface area (Å²) in [5.41, 5.74) is 1.06. The number of nitrogens with zero attached hydrogens (tertiary/aromatic N) is 3. The number of hydrogen-bond acceptors (Lipinski definition) is 8. The topological polar surface area (TPSA) is 109 Å². The summed E-state index contributed by atoms with van der Waals surface area (Å²) in [5, 5.41) is 28.2. The van der Waals surface area contributed by atoms with E-state index in [0.717, 1.165) is 0 Å². The van der Waals surface area contributed by atoms with Crippen LogP contribution in [0, 0.1) is 5.82 Å². The van der Waals surface area contributed by atoms with Gasteiger partial charge < -0.3 is 20.3 Å². The Balaban J connectivity index is 1.71. The predicted octanol–water partition coefficient (Wildman–Crippen LogP) is 5.02. The van der Waals surface area contributed by atoms with Crippen LogP contribution in [0.2, 0.25) is 0 Å². The third-order valence-corrected chi connectivity index (χ3v) is 7.22. The number of carbonyl (C=O) groups excluding carboxylic acids is 1. The first kappa shape index (κ1) is 24.0. The van der Waals surface area contributed by atoms with Gasteiger partial charge in [0.25, 0.3) is 0 Å². The lowest BCUT2D eigenvalue weighted by molar-refractivity contribution is -0.139. The highest BCUT2D eigenvalue weighted by Gasteiger charge is 2.34. The van der Waals surface area contributed by atoms with Crippen LogP contribution in [0.1, 0.15) is 23.5 Å². The number of carbonyl (C=O) groups is 1. The SMILES string of the molecule is CCOC(=O)C1=C(Cn2c(O)c3ccccc3c2O)NC(c2nccs2)=NC1c1ccc(F)cc1Br. The molecule has 5 rings (SSSR count). The molecule has 0 aliphatic carbocycles. The molecule has 36 heavy (non-hydrogen) atoms. The Kier molecular flexibility index (Phi) is 6.50. The number of nitrogens with one attached hydrogen (secondary N) is 1. The number of aromatic nitrogens is 2. The van der Waals surface area contributed by atoms with Crippen molar-refractivity contribution in [1.82, 2.24) is 14.9 Å². The molecule has 184 valence electrons. The molecule has 0 fully saturated rings. The van der Waals surface area contributed by atoms with Gasteiger partial charge in [0.2, 0.25) is 11.8 Å². The molecule has 0 bridgehead atoms. The minimum Gasteiger partial charge on any atom is -0.494 e. The van der Waals surface area contributed by atoms with Crippen LogP contribution in [0.3, 0.4) is 0 Å². The number of ether oxygens (including phenoxy) is 1. The fourth-order valence-corrected chi connectivity index (χ4v) is 5.29. The molecule has 8 nitrogen and oxygen atoms in total. The van der Waals surface area contributed by atoms with Crippen molar-refractivity contribution < 1.29 is 24.1 Å². The highest BCUT2D eigenvalue weighted by Crippen LogP contribution is 2.40. The summed E-state index contributed by atoms with van der Waals surface area (Å²) in [5.74, 6) is -0.986. The second-order valence-electron chi connectivity index (χ2n) is 7.90. The van der Waals surface area contributed by atoms with Gasteiger partial charge in [0, 0.05) is 32.5 Å². The molecule has 2 aromatic heterocycles. The summed E-state index contributed by atoms with van der Waals surface area (Å²) >= 11 is 4.75. The zero-order valence-electron chi connectivity index (χ0n) is 18.9. The van der Waals surface area contributed by atoms with E-state index in [4.69, 9.17) is 9.73 Å². The zero-order chi connectivity index (χ0) is 25.4. The predicted molar refractivity (Wildman–Crippen MR) is 138 cm³/mol. The second kappa shape index (κ2) is 9.75. The minimum absolute atomic E-state index is 0.0970. The standard InChI is InChI=1S/C25H20BrFN4O4S/c1-2-35-25(34)19-18(12-31-23(32)14-5-3-4-6-15(14)24(31)33)29-21(22-28-9-10-36-22)30-20(19)16-8-7-13(27)11-17(16)26/h3-11,20,32-33H,2,12H2,1H3,(H,29,30). The fourth-order valence-electron chi connectivity index (χ4n) is 4.14. The molecule has 1 unspecified atom stereocenters. The van der Waals surface area contributed by atoms with E-state index in [1.807, 2.05) is 0 Å². The number of esters is 1. The van der Waals surface area contributed by atoms with Gasteiger partial charge in [0.15, 0.2) is 10.8 Å². The number of fused-ring (bicyclic) bond motifs is 1. The van der Waals surface area contributed by atoms with Crippen LogP contribution in [0.15, 0.2) is 74.8 Å². The third-order valence-electron chi connectivity index (χ3n) is 5.75. The third kappa shape index (κ3) is 4.24. The average molecular weight is 571 g/mol. The van der Waals surface area contributed by atoms with Crippen molar-refractivity contribution in [3.05, 3.63) is 86.2 Å². The molecular weight excluding hydrogens is 551 g/mol. The van der Waals surface area contributed by atoms with E-state index in [-0.39, 0.29) is 30.5 Å². The monoisotopic (exact) mass is 570 g/mol. The normalized spacial score (nSPS) is 15.6. The summed E-state index contributed by atoms with van der Waals surface area (Å²) in [6.45, 7) is 1.72. The molecule has 1 aliphatic heterocycles. The Morgan fingerprint density at radius 2 is 1.94 bits per heavy atom. The number of aromatic hydroxyl groups is 2. The zero-order valence-corrected chi connectivity index (χ0v) is 21.3. The van der Waals surface area contributed by atoms with Crippen molar-refractivity contribution in [3.63, 3.8) is 0 Å². The first-order chi connectivity index (χ1) is 17.4. The largest absolute Gasteiger partial charge is 0.494 e. The number of thiazole rings is 1. The smallest absolute Gasteiger partial charge is 0.338 e. The number of hydrogen-bond donors (Lipinski definition) is 3. The van der Waals surface area contributed by atoms with Gasteiger partial charge in [-0.05, 0) is 36.8 Å². The average Bonchev–Trinajstić information content (AvgIpc) is 3.48. The Morgan fingerprint density at radius 1 is 1.22 bits per heavy atom. The van der Waals surface area contributed by atoms with E-state index in [1.54, 1.807) is 48.8 Å². The van der Waals surface area contributed by atoms with Crippen molar-refractivity contribution in [2.45, 2.75) is 19.5 Å². The van der Waals surface area contributed by atoms with Crippen LogP contribution in [0.25, 0.3) is 10.8 Å². The second-order valence-corrected chi connectivity index (χ2v) is 9.65. The van der Waals surface area contributed by atoms with Crippen molar-refractivity contribution in [2.24, 2.45) is 4.99 Å². The van der Waals surface area contributed by atoms with Crippen molar-refractivity contribution >= 4 is 49.8 Å². The molecule has 1 atom stereocenters. The Labute approximate surface area is 217 Å². The Morgan fingerprint density at radius 3 is 2.56 bits per heavy atom. The summed E-state index contributed by atoms with van der Waals surface area (Å²) in [6, 6.07) is 10.2. The van der Waals surface area contributed by atoms with Crippen LogP contribution in [0.4, 0.5) is 4.39 Å². The lowest BCUT2D eigenvalue weighted by Crippen LogP contribution is -2.35. The maximum Gasteiger partial charge on any atom is 0.338 e. The van der Waals surface area contributed by atoms with E-state index >= 15 is 0 Å². The van der Waals surface area contributed by atoms with Crippen LogP contribution < -0.4 is 5.32 Å². The number of amidine groups is 1. The lowest BCUT2D eigenvalue weighted by Gasteiger charge is -2.28. The van der Waals surface area contributed by atoms with Crippen LogP contribution in [-0.4, -0.2) is 38.2 Å². The molecular formula is C25H20BrFN4O4S. The maximum absolute atomic E-state index is 13.9. The van der Waals surface area contributed by atoms with E-state index < -0.39 is 17.8 Å². The summed E-state index contributed by atoms with van der Waals surface area (Å²) in [7, 11) is 0. The molecule has 1 aliphatic rings. The van der Waals surface area contributed by atoms with Gasteiger partial charge in [-0.1, -0.05) is 34.1 Å². The number of aliphatic imine (C=N–C) groups is 1. The molecule has 3 heterocycles. The highest BCUT2D eigenvalue weighted by atomic mass is 79.9. The molecule has 11 heteroatoms. The number of benzene rings is 2. The summed E-state index contributed by atoms with van der Waals surface area (Å²) in [6.07, 6.45) is 1.63. The first-order valence-corrected chi connectivity index (χ1v) is 12.6. The Bertz CT molecular complexity index is 1490. The summed E-state index contributed by atoms with van der Waals surface area (Å²) in [4.78, 5) is 22.4. The Hall–Kier alpha value is -3.70. The molecule has 0 saturated carbocycles. The highest BCUT2D eigenvalue weighted by molar-refractivity contribution is 9.10. The van der Waals surface area contributed by atoms with Gasteiger partial charge >= 0.3 is 5.97 Å². The fraction of sp³-hybridized carbons (Fsp3) is 0.160. The molecule has 0 saturated heterocycles. The number of rotatable bonds is 6. The van der Waals surface area contributed by atoms with Crippen molar-refractivity contribution in [3.8, 4) is 11.8 Å². The maximum atomic E-state index is 13.9.